The third-order valence-electron chi connectivity index (χ3n) is 6.32. The van der Waals surface area contributed by atoms with Crippen molar-refractivity contribution in [2.24, 2.45) is 5.10 Å². The fraction of sp³-hybridized carbons (Fsp3) is 0.259. The highest BCUT2D eigenvalue weighted by Gasteiger charge is 2.24. The Labute approximate surface area is 198 Å². The molecule has 0 fully saturated rings. The van der Waals surface area contributed by atoms with E-state index in [9.17, 15) is 4.79 Å². The summed E-state index contributed by atoms with van der Waals surface area (Å²) in [5, 5.41) is 7.63. The first-order valence-corrected chi connectivity index (χ1v) is 11.7. The third kappa shape index (κ3) is 4.29. The maximum Gasteiger partial charge on any atom is 0.257 e. The van der Waals surface area contributed by atoms with Crippen molar-refractivity contribution in [1.29, 1.82) is 0 Å². The molecule has 0 saturated heterocycles. The SMILES string of the molecule is Cc1ccccc1/C=N\n1c(N)c(C(=O)NCCC2=CCCCC2)c2nc3ccccc3nc21. The molecule has 2 aromatic carbocycles. The number of anilines is 1. The Kier molecular flexibility index (Phi) is 6.08. The zero-order valence-electron chi connectivity index (χ0n) is 19.3. The summed E-state index contributed by atoms with van der Waals surface area (Å²) >= 11 is 0. The fourth-order valence-corrected chi connectivity index (χ4v) is 4.40. The van der Waals surface area contributed by atoms with Gasteiger partial charge in [-0.15, -0.1) is 0 Å². The second-order valence-corrected chi connectivity index (χ2v) is 8.67. The molecule has 34 heavy (non-hydrogen) atoms. The molecule has 1 aliphatic carbocycles. The summed E-state index contributed by atoms with van der Waals surface area (Å²) in [4.78, 5) is 22.7. The number of amides is 1. The Morgan fingerprint density at radius 3 is 2.65 bits per heavy atom. The molecule has 4 aromatic rings. The Morgan fingerprint density at radius 1 is 1.12 bits per heavy atom. The number of nitrogens with one attached hydrogen (secondary N) is 1. The zero-order chi connectivity index (χ0) is 23.5. The Hall–Kier alpha value is -4.00. The van der Waals surface area contributed by atoms with Crippen LogP contribution >= 0.6 is 0 Å². The quantitative estimate of drug-likeness (QED) is 0.318. The number of allylic oxidation sites excluding steroid dienone is 1. The van der Waals surface area contributed by atoms with Crippen molar-refractivity contribution in [1.82, 2.24) is 20.0 Å². The van der Waals surface area contributed by atoms with E-state index in [2.05, 4.69) is 16.5 Å². The van der Waals surface area contributed by atoms with Crippen LogP contribution in [0.5, 0.6) is 0 Å². The lowest BCUT2D eigenvalue weighted by Gasteiger charge is -2.13. The Bertz CT molecular complexity index is 1430. The molecule has 0 saturated carbocycles. The third-order valence-corrected chi connectivity index (χ3v) is 6.32. The van der Waals surface area contributed by atoms with Crippen LogP contribution in [0.3, 0.4) is 0 Å². The number of nitrogen functional groups attached to an aromatic ring is 1. The van der Waals surface area contributed by atoms with Gasteiger partial charge in [0.25, 0.3) is 5.91 Å². The molecule has 2 heterocycles. The first kappa shape index (κ1) is 21.8. The van der Waals surface area contributed by atoms with E-state index in [4.69, 9.17) is 15.7 Å². The van der Waals surface area contributed by atoms with Gasteiger partial charge in [-0.25, -0.2) is 9.97 Å². The number of aromatic nitrogens is 3. The van der Waals surface area contributed by atoms with Gasteiger partial charge < -0.3 is 11.1 Å². The van der Waals surface area contributed by atoms with Crippen LogP contribution in [-0.2, 0) is 0 Å². The van der Waals surface area contributed by atoms with Crippen LogP contribution in [0.15, 0.2) is 65.3 Å². The number of hydrogen-bond donors (Lipinski definition) is 2. The van der Waals surface area contributed by atoms with Crippen LogP contribution in [-0.4, -0.2) is 33.3 Å². The lowest BCUT2D eigenvalue weighted by Crippen LogP contribution is -2.25. The van der Waals surface area contributed by atoms with Gasteiger partial charge in [-0.3, -0.25) is 4.79 Å². The van der Waals surface area contributed by atoms with Gasteiger partial charge in [-0.2, -0.15) is 9.78 Å². The molecule has 0 bridgehead atoms. The van der Waals surface area contributed by atoms with E-state index < -0.39 is 0 Å². The minimum atomic E-state index is -0.256. The summed E-state index contributed by atoms with van der Waals surface area (Å²) in [6, 6.07) is 15.5. The average Bonchev–Trinajstić information content (AvgIpc) is 3.12. The predicted octanol–water partition coefficient (Wildman–Crippen LogP) is 4.98. The highest BCUT2D eigenvalue weighted by molar-refractivity contribution is 6.10. The van der Waals surface area contributed by atoms with Crippen LogP contribution in [0.4, 0.5) is 5.82 Å². The zero-order valence-corrected chi connectivity index (χ0v) is 19.3. The normalized spacial score (nSPS) is 14.1. The highest BCUT2D eigenvalue weighted by atomic mass is 16.1. The summed E-state index contributed by atoms with van der Waals surface area (Å²) < 4.78 is 1.51. The lowest BCUT2D eigenvalue weighted by molar-refractivity contribution is 0.0956. The van der Waals surface area contributed by atoms with Gasteiger partial charge >= 0.3 is 0 Å². The van der Waals surface area contributed by atoms with E-state index in [0.29, 0.717) is 28.8 Å². The molecule has 1 amide bonds. The minimum absolute atomic E-state index is 0.226. The van der Waals surface area contributed by atoms with Crippen molar-refractivity contribution in [2.75, 3.05) is 12.3 Å². The van der Waals surface area contributed by atoms with Gasteiger partial charge in [0.1, 0.15) is 16.9 Å². The van der Waals surface area contributed by atoms with Gasteiger partial charge in [0.15, 0.2) is 5.65 Å². The van der Waals surface area contributed by atoms with Crippen LogP contribution in [0.2, 0.25) is 0 Å². The van der Waals surface area contributed by atoms with Gasteiger partial charge in [0, 0.05) is 6.54 Å². The van der Waals surface area contributed by atoms with Crippen molar-refractivity contribution >= 4 is 40.1 Å². The van der Waals surface area contributed by atoms with E-state index in [1.807, 2.05) is 55.5 Å². The standard InChI is InChI=1S/C27H28N6O/c1-18-9-5-6-12-20(18)17-30-33-25(28)23(27(34)29-16-15-19-10-3-2-4-11-19)24-26(33)32-22-14-8-7-13-21(22)31-24/h5-10,12-14,17H,2-4,11,15-16,28H2,1H3,(H,29,34)/b30-17-. The second kappa shape index (κ2) is 9.47. The lowest BCUT2D eigenvalue weighted by atomic mass is 9.97. The summed E-state index contributed by atoms with van der Waals surface area (Å²) in [5.74, 6) is -0.0298. The molecular formula is C27H28N6O. The van der Waals surface area contributed by atoms with E-state index in [1.54, 1.807) is 6.21 Å². The minimum Gasteiger partial charge on any atom is -0.383 e. The van der Waals surface area contributed by atoms with Gasteiger partial charge in [-0.1, -0.05) is 48.0 Å². The van der Waals surface area contributed by atoms with E-state index in [1.165, 1.54) is 23.1 Å². The number of aryl methyl sites for hydroxylation is 1. The summed E-state index contributed by atoms with van der Waals surface area (Å²) in [5.41, 5.74) is 12.6. The molecule has 172 valence electrons. The van der Waals surface area contributed by atoms with Crippen LogP contribution in [0.25, 0.3) is 22.2 Å². The number of para-hydroxylation sites is 2. The van der Waals surface area contributed by atoms with Gasteiger partial charge in [0.2, 0.25) is 0 Å². The van der Waals surface area contributed by atoms with Crippen LogP contribution in [0, 0.1) is 6.92 Å². The Balaban J connectivity index is 1.53. The first-order valence-electron chi connectivity index (χ1n) is 11.7. The molecule has 7 heteroatoms. The van der Waals surface area contributed by atoms with Crippen LogP contribution < -0.4 is 11.1 Å². The molecule has 0 aliphatic heterocycles. The van der Waals surface area contributed by atoms with Gasteiger partial charge in [-0.05, 0) is 62.3 Å². The molecule has 0 radical (unpaired) electrons. The smallest absolute Gasteiger partial charge is 0.257 e. The summed E-state index contributed by atoms with van der Waals surface area (Å²) in [6.45, 7) is 2.58. The second-order valence-electron chi connectivity index (χ2n) is 8.67. The van der Waals surface area contributed by atoms with Crippen molar-refractivity contribution < 1.29 is 4.79 Å². The maximum absolute atomic E-state index is 13.3. The van der Waals surface area contributed by atoms with Crippen molar-refractivity contribution in [3.05, 3.63) is 76.9 Å². The molecule has 2 aromatic heterocycles. The number of hydrogen-bond acceptors (Lipinski definition) is 5. The van der Waals surface area contributed by atoms with E-state index in [-0.39, 0.29) is 11.7 Å². The van der Waals surface area contributed by atoms with Crippen molar-refractivity contribution in [3.8, 4) is 0 Å². The average molecular weight is 453 g/mol. The van der Waals surface area contributed by atoms with Gasteiger partial charge in [0.05, 0.1) is 17.2 Å². The number of fused-ring (bicyclic) bond motifs is 2. The van der Waals surface area contributed by atoms with E-state index >= 15 is 0 Å². The molecular weight excluding hydrogens is 424 g/mol. The largest absolute Gasteiger partial charge is 0.383 e. The number of rotatable bonds is 6. The first-order chi connectivity index (χ1) is 16.6. The molecule has 0 spiro atoms. The monoisotopic (exact) mass is 452 g/mol. The number of carbonyl (C=O) groups excluding carboxylic acids is 1. The fourth-order valence-electron chi connectivity index (χ4n) is 4.40. The highest BCUT2D eigenvalue weighted by Crippen LogP contribution is 2.28. The molecule has 3 N–H and O–H groups in total. The van der Waals surface area contributed by atoms with E-state index in [0.717, 1.165) is 35.9 Å². The van der Waals surface area contributed by atoms with Crippen LogP contribution in [0.1, 0.15) is 53.6 Å². The van der Waals surface area contributed by atoms with Crippen molar-refractivity contribution in [2.45, 2.75) is 39.0 Å². The predicted molar refractivity (Wildman–Crippen MR) is 137 cm³/mol. The number of benzene rings is 2. The molecule has 0 atom stereocenters. The Morgan fingerprint density at radius 2 is 1.88 bits per heavy atom. The molecule has 5 rings (SSSR count). The molecule has 0 unspecified atom stereocenters. The molecule has 7 nitrogen and oxygen atoms in total. The topological polar surface area (TPSA) is 98.2 Å². The molecule has 1 aliphatic rings. The number of nitrogens with zero attached hydrogens (tertiary/aromatic N) is 4. The number of carbonyl (C=O) groups is 1. The summed E-state index contributed by atoms with van der Waals surface area (Å²) in [6.07, 6.45) is 9.61. The summed E-state index contributed by atoms with van der Waals surface area (Å²) in [7, 11) is 0. The maximum atomic E-state index is 13.3. The number of nitrogens with two attached hydrogens (primary N) is 1. The van der Waals surface area contributed by atoms with Crippen molar-refractivity contribution in [3.63, 3.8) is 0 Å².